The van der Waals surface area contributed by atoms with Crippen LogP contribution in [-0.4, -0.2) is 26.1 Å². The minimum absolute atomic E-state index is 0.0499. The molecule has 1 atom stereocenters. The molecule has 0 aliphatic heterocycles. The Morgan fingerprint density at radius 3 is 2.65 bits per heavy atom. The SMILES string of the molecule is CCC(Sc1cc(-c2ccccc2)ncn1)C(=O)Nc1nc(C)c(C)s1. The van der Waals surface area contributed by atoms with E-state index in [2.05, 4.69) is 20.3 Å². The van der Waals surface area contributed by atoms with E-state index in [1.165, 1.54) is 23.1 Å². The first kappa shape index (κ1) is 18.5. The van der Waals surface area contributed by atoms with Crippen molar-refractivity contribution in [2.45, 2.75) is 37.5 Å². The lowest BCUT2D eigenvalue weighted by Crippen LogP contribution is -2.24. The van der Waals surface area contributed by atoms with Crippen molar-refractivity contribution in [2.75, 3.05) is 5.32 Å². The summed E-state index contributed by atoms with van der Waals surface area (Å²) in [5.41, 5.74) is 2.84. The zero-order valence-electron chi connectivity index (χ0n) is 14.9. The number of hydrogen-bond acceptors (Lipinski definition) is 6. The van der Waals surface area contributed by atoms with Gasteiger partial charge in [0.15, 0.2) is 5.13 Å². The summed E-state index contributed by atoms with van der Waals surface area (Å²) in [4.78, 5) is 26.8. The fourth-order valence-electron chi connectivity index (χ4n) is 2.35. The number of rotatable bonds is 6. The fourth-order valence-corrected chi connectivity index (χ4v) is 4.08. The summed E-state index contributed by atoms with van der Waals surface area (Å²) < 4.78 is 0. The minimum atomic E-state index is -0.238. The van der Waals surface area contributed by atoms with Gasteiger partial charge in [-0.15, -0.1) is 11.3 Å². The summed E-state index contributed by atoms with van der Waals surface area (Å²) in [6.45, 7) is 5.94. The van der Waals surface area contributed by atoms with Crippen LogP contribution in [0.1, 0.15) is 23.9 Å². The number of benzene rings is 1. The Kier molecular flexibility index (Phi) is 6.00. The molecule has 1 unspecified atom stereocenters. The van der Waals surface area contributed by atoms with Crippen LogP contribution in [0.15, 0.2) is 47.8 Å². The molecule has 2 heterocycles. The van der Waals surface area contributed by atoms with E-state index in [4.69, 9.17) is 0 Å². The van der Waals surface area contributed by atoms with Gasteiger partial charge in [0.1, 0.15) is 11.4 Å². The maximum atomic E-state index is 12.6. The predicted molar refractivity (Wildman–Crippen MR) is 108 cm³/mol. The molecule has 0 bridgehead atoms. The Morgan fingerprint density at radius 1 is 1.23 bits per heavy atom. The molecule has 0 spiro atoms. The van der Waals surface area contributed by atoms with Crippen LogP contribution in [0.2, 0.25) is 0 Å². The van der Waals surface area contributed by atoms with Gasteiger partial charge in [-0.3, -0.25) is 4.79 Å². The van der Waals surface area contributed by atoms with Gasteiger partial charge in [-0.1, -0.05) is 49.0 Å². The van der Waals surface area contributed by atoms with Gasteiger partial charge in [0, 0.05) is 10.4 Å². The molecule has 0 fully saturated rings. The van der Waals surface area contributed by atoms with E-state index in [0.29, 0.717) is 11.6 Å². The monoisotopic (exact) mass is 384 g/mol. The van der Waals surface area contributed by atoms with Gasteiger partial charge in [-0.25, -0.2) is 15.0 Å². The van der Waals surface area contributed by atoms with Gasteiger partial charge < -0.3 is 5.32 Å². The lowest BCUT2D eigenvalue weighted by Gasteiger charge is -2.13. The highest BCUT2D eigenvalue weighted by molar-refractivity contribution is 8.00. The number of anilines is 1. The minimum Gasteiger partial charge on any atom is -0.301 e. The number of hydrogen-bond donors (Lipinski definition) is 1. The molecule has 2 aromatic heterocycles. The van der Waals surface area contributed by atoms with Gasteiger partial charge in [-0.05, 0) is 26.3 Å². The standard InChI is InChI=1S/C19H20N4OS2/c1-4-16(18(24)23-19-22-12(2)13(3)25-19)26-17-10-15(20-11-21-17)14-8-6-5-7-9-14/h5-11,16H,4H2,1-3H3,(H,22,23,24). The van der Waals surface area contributed by atoms with Crippen molar-refractivity contribution >= 4 is 34.1 Å². The molecule has 7 heteroatoms. The number of thiazole rings is 1. The van der Waals surface area contributed by atoms with E-state index in [1.54, 1.807) is 6.33 Å². The van der Waals surface area contributed by atoms with Crippen molar-refractivity contribution in [1.29, 1.82) is 0 Å². The first-order valence-corrected chi connectivity index (χ1v) is 10.1. The molecule has 0 radical (unpaired) electrons. The second kappa shape index (κ2) is 8.42. The average Bonchev–Trinajstić information content (AvgIpc) is 2.97. The molecule has 0 aliphatic carbocycles. The predicted octanol–water partition coefficient (Wildman–Crippen LogP) is 4.73. The van der Waals surface area contributed by atoms with E-state index < -0.39 is 0 Å². The zero-order chi connectivity index (χ0) is 18.5. The Labute approximate surface area is 161 Å². The van der Waals surface area contributed by atoms with E-state index in [9.17, 15) is 4.79 Å². The van der Waals surface area contributed by atoms with Crippen LogP contribution < -0.4 is 5.32 Å². The number of carbonyl (C=O) groups excluding carboxylic acids is 1. The van der Waals surface area contributed by atoms with Crippen LogP contribution in [0.5, 0.6) is 0 Å². The van der Waals surface area contributed by atoms with E-state index in [-0.39, 0.29) is 11.2 Å². The maximum Gasteiger partial charge on any atom is 0.239 e. The normalized spacial score (nSPS) is 12.0. The zero-order valence-corrected chi connectivity index (χ0v) is 16.5. The Bertz CT molecular complexity index is 876. The molecule has 5 nitrogen and oxygen atoms in total. The second-order valence-electron chi connectivity index (χ2n) is 5.77. The number of carbonyl (C=O) groups is 1. The van der Waals surface area contributed by atoms with Crippen molar-refractivity contribution < 1.29 is 4.79 Å². The van der Waals surface area contributed by atoms with Gasteiger partial charge >= 0.3 is 0 Å². The summed E-state index contributed by atoms with van der Waals surface area (Å²) in [5.74, 6) is -0.0499. The van der Waals surface area contributed by atoms with Gasteiger partial charge in [-0.2, -0.15) is 0 Å². The molecular weight excluding hydrogens is 364 g/mol. The van der Waals surface area contributed by atoms with Crippen molar-refractivity contribution in [1.82, 2.24) is 15.0 Å². The molecule has 1 amide bonds. The van der Waals surface area contributed by atoms with Gasteiger partial charge in [0.05, 0.1) is 16.6 Å². The first-order valence-electron chi connectivity index (χ1n) is 8.36. The Balaban J connectivity index is 1.72. The molecule has 1 N–H and O–H groups in total. The summed E-state index contributed by atoms with van der Waals surface area (Å²) >= 11 is 2.95. The molecule has 3 aromatic rings. The summed E-state index contributed by atoms with van der Waals surface area (Å²) in [6.07, 6.45) is 2.24. The molecule has 134 valence electrons. The van der Waals surface area contributed by atoms with Crippen molar-refractivity contribution in [3.05, 3.63) is 53.3 Å². The number of aryl methyl sites for hydroxylation is 2. The van der Waals surface area contributed by atoms with Crippen molar-refractivity contribution in [3.63, 3.8) is 0 Å². The molecular formula is C19H20N4OS2. The van der Waals surface area contributed by atoms with Crippen molar-refractivity contribution in [2.24, 2.45) is 0 Å². The lowest BCUT2D eigenvalue weighted by atomic mass is 10.1. The third kappa shape index (κ3) is 4.47. The summed E-state index contributed by atoms with van der Waals surface area (Å²) in [6, 6.07) is 11.9. The molecule has 1 aromatic carbocycles. The molecule has 0 aliphatic rings. The highest BCUT2D eigenvalue weighted by Crippen LogP contribution is 2.28. The number of thioether (sulfide) groups is 1. The van der Waals surface area contributed by atoms with E-state index in [1.807, 2.05) is 57.2 Å². The number of aromatic nitrogens is 3. The van der Waals surface area contributed by atoms with Crippen LogP contribution in [0, 0.1) is 13.8 Å². The molecule has 3 rings (SSSR count). The van der Waals surface area contributed by atoms with Crippen LogP contribution in [-0.2, 0) is 4.79 Å². The van der Waals surface area contributed by atoms with Gasteiger partial charge in [0.2, 0.25) is 5.91 Å². The van der Waals surface area contributed by atoms with Crippen LogP contribution >= 0.6 is 23.1 Å². The highest BCUT2D eigenvalue weighted by atomic mass is 32.2. The number of nitrogens with one attached hydrogen (secondary N) is 1. The van der Waals surface area contributed by atoms with Crippen LogP contribution in [0.3, 0.4) is 0 Å². The largest absolute Gasteiger partial charge is 0.301 e. The quantitative estimate of drug-likeness (QED) is 0.492. The van der Waals surface area contributed by atoms with Crippen LogP contribution in [0.25, 0.3) is 11.3 Å². The topological polar surface area (TPSA) is 67.8 Å². The van der Waals surface area contributed by atoms with Crippen molar-refractivity contribution in [3.8, 4) is 11.3 Å². The summed E-state index contributed by atoms with van der Waals surface area (Å²) in [7, 11) is 0. The number of amides is 1. The Morgan fingerprint density at radius 2 is 2.00 bits per heavy atom. The van der Waals surface area contributed by atoms with Gasteiger partial charge in [0.25, 0.3) is 0 Å². The Hall–Kier alpha value is -2.25. The first-order chi connectivity index (χ1) is 12.6. The van der Waals surface area contributed by atoms with E-state index >= 15 is 0 Å². The number of nitrogens with zero attached hydrogens (tertiary/aromatic N) is 3. The smallest absolute Gasteiger partial charge is 0.239 e. The third-order valence-corrected chi connectivity index (χ3v) is 6.18. The molecule has 0 saturated carbocycles. The average molecular weight is 385 g/mol. The lowest BCUT2D eigenvalue weighted by molar-refractivity contribution is -0.115. The summed E-state index contributed by atoms with van der Waals surface area (Å²) in [5, 5.41) is 4.12. The third-order valence-electron chi connectivity index (χ3n) is 3.90. The van der Waals surface area contributed by atoms with E-state index in [0.717, 1.165) is 26.9 Å². The second-order valence-corrected chi connectivity index (χ2v) is 8.20. The van der Waals surface area contributed by atoms with Crippen LogP contribution in [0.4, 0.5) is 5.13 Å². The maximum absolute atomic E-state index is 12.6. The molecule has 26 heavy (non-hydrogen) atoms. The fraction of sp³-hybridized carbons (Fsp3) is 0.263. The highest BCUT2D eigenvalue weighted by Gasteiger charge is 2.20. The molecule has 0 saturated heterocycles.